The van der Waals surface area contributed by atoms with Gasteiger partial charge in [0.2, 0.25) is 11.9 Å². The molecular weight excluding hydrogens is 342 g/mol. The third kappa shape index (κ3) is 3.63. The SMILES string of the molecule is c1ccc(CNc2nnc(SCc3ccc4c(c3)OCO4)s2)cc1. The Morgan fingerprint density at radius 2 is 1.88 bits per heavy atom. The van der Waals surface area contributed by atoms with Crippen molar-refractivity contribution in [1.82, 2.24) is 10.2 Å². The molecule has 0 saturated heterocycles. The largest absolute Gasteiger partial charge is 0.454 e. The Morgan fingerprint density at radius 1 is 1.00 bits per heavy atom. The van der Waals surface area contributed by atoms with Crippen molar-refractivity contribution in [2.75, 3.05) is 12.1 Å². The van der Waals surface area contributed by atoms with E-state index in [2.05, 4.69) is 33.7 Å². The molecule has 1 aliphatic heterocycles. The van der Waals surface area contributed by atoms with Crippen molar-refractivity contribution in [3.05, 3.63) is 59.7 Å². The second-order valence-electron chi connectivity index (χ2n) is 5.19. The summed E-state index contributed by atoms with van der Waals surface area (Å²) in [5.41, 5.74) is 2.40. The standard InChI is InChI=1S/C17H15N3O2S2/c1-2-4-12(5-3-1)9-18-16-19-20-17(24-16)23-10-13-6-7-14-15(8-13)22-11-21-14/h1-8H,9-11H2,(H,18,19). The van der Waals surface area contributed by atoms with Crippen LogP contribution < -0.4 is 14.8 Å². The van der Waals surface area contributed by atoms with E-state index in [1.165, 1.54) is 11.1 Å². The summed E-state index contributed by atoms with van der Waals surface area (Å²) in [5, 5.41) is 12.6. The van der Waals surface area contributed by atoms with E-state index >= 15 is 0 Å². The van der Waals surface area contributed by atoms with Gasteiger partial charge in [0.25, 0.3) is 0 Å². The molecule has 0 saturated carbocycles. The van der Waals surface area contributed by atoms with Crippen LogP contribution in [-0.4, -0.2) is 17.0 Å². The number of benzene rings is 2. The first-order valence-corrected chi connectivity index (χ1v) is 9.30. The van der Waals surface area contributed by atoms with Crippen LogP contribution in [0.2, 0.25) is 0 Å². The molecule has 0 bridgehead atoms. The maximum Gasteiger partial charge on any atom is 0.231 e. The van der Waals surface area contributed by atoms with Crippen LogP contribution in [0, 0.1) is 0 Å². The van der Waals surface area contributed by atoms with Gasteiger partial charge in [-0.3, -0.25) is 0 Å². The van der Waals surface area contributed by atoms with Crippen molar-refractivity contribution in [2.45, 2.75) is 16.6 Å². The molecule has 122 valence electrons. The van der Waals surface area contributed by atoms with Crippen molar-refractivity contribution < 1.29 is 9.47 Å². The summed E-state index contributed by atoms with van der Waals surface area (Å²) in [6.07, 6.45) is 0. The summed E-state index contributed by atoms with van der Waals surface area (Å²) in [6, 6.07) is 16.3. The third-order valence-electron chi connectivity index (χ3n) is 3.49. The number of fused-ring (bicyclic) bond motifs is 1. The molecule has 2 heterocycles. The number of ether oxygens (including phenoxy) is 2. The zero-order valence-electron chi connectivity index (χ0n) is 12.8. The molecule has 5 nitrogen and oxygen atoms in total. The van der Waals surface area contributed by atoms with Gasteiger partial charge >= 0.3 is 0 Å². The van der Waals surface area contributed by atoms with Gasteiger partial charge in [0, 0.05) is 12.3 Å². The molecular formula is C17H15N3O2S2. The Labute approximate surface area is 148 Å². The first-order chi connectivity index (χ1) is 11.9. The normalized spacial score (nSPS) is 12.3. The lowest BCUT2D eigenvalue weighted by Crippen LogP contribution is -1.98. The fraction of sp³-hybridized carbons (Fsp3) is 0.176. The van der Waals surface area contributed by atoms with Gasteiger partial charge in [-0.15, -0.1) is 10.2 Å². The molecule has 1 aliphatic rings. The second-order valence-corrected chi connectivity index (χ2v) is 7.39. The fourth-order valence-corrected chi connectivity index (χ4v) is 3.98. The first kappa shape index (κ1) is 15.3. The molecule has 0 atom stereocenters. The van der Waals surface area contributed by atoms with Crippen LogP contribution in [-0.2, 0) is 12.3 Å². The van der Waals surface area contributed by atoms with Gasteiger partial charge in [0.15, 0.2) is 15.8 Å². The van der Waals surface area contributed by atoms with Gasteiger partial charge < -0.3 is 14.8 Å². The monoisotopic (exact) mass is 357 g/mol. The van der Waals surface area contributed by atoms with Crippen molar-refractivity contribution in [3.63, 3.8) is 0 Å². The molecule has 0 spiro atoms. The number of anilines is 1. The average molecular weight is 357 g/mol. The quantitative estimate of drug-likeness (QED) is 0.668. The highest BCUT2D eigenvalue weighted by Gasteiger charge is 2.13. The van der Waals surface area contributed by atoms with Crippen LogP contribution in [0.3, 0.4) is 0 Å². The Morgan fingerprint density at radius 3 is 2.79 bits per heavy atom. The number of aromatic nitrogens is 2. The lowest BCUT2D eigenvalue weighted by atomic mass is 10.2. The van der Waals surface area contributed by atoms with Crippen LogP contribution in [0.5, 0.6) is 11.5 Å². The van der Waals surface area contributed by atoms with E-state index < -0.39 is 0 Å². The summed E-state index contributed by atoms with van der Waals surface area (Å²) in [6.45, 7) is 1.06. The number of hydrogen-bond acceptors (Lipinski definition) is 7. The summed E-state index contributed by atoms with van der Waals surface area (Å²) < 4.78 is 11.7. The highest BCUT2D eigenvalue weighted by atomic mass is 32.2. The van der Waals surface area contributed by atoms with Crippen molar-refractivity contribution in [3.8, 4) is 11.5 Å². The van der Waals surface area contributed by atoms with E-state index in [1.54, 1.807) is 23.1 Å². The summed E-state index contributed by atoms with van der Waals surface area (Å²) in [4.78, 5) is 0. The third-order valence-corrected chi connectivity index (χ3v) is 5.58. The van der Waals surface area contributed by atoms with Gasteiger partial charge in [-0.2, -0.15) is 0 Å². The maximum absolute atomic E-state index is 5.40. The fourth-order valence-electron chi connectivity index (χ4n) is 2.29. The molecule has 0 fully saturated rings. The van der Waals surface area contributed by atoms with E-state index in [-0.39, 0.29) is 0 Å². The van der Waals surface area contributed by atoms with Gasteiger partial charge in [-0.05, 0) is 23.3 Å². The first-order valence-electron chi connectivity index (χ1n) is 7.49. The lowest BCUT2D eigenvalue weighted by Gasteiger charge is -2.01. The molecule has 0 radical (unpaired) electrons. The van der Waals surface area contributed by atoms with Gasteiger partial charge in [0.1, 0.15) is 0 Å². The van der Waals surface area contributed by atoms with E-state index in [9.17, 15) is 0 Å². The number of hydrogen-bond donors (Lipinski definition) is 1. The lowest BCUT2D eigenvalue weighted by molar-refractivity contribution is 0.174. The van der Waals surface area contributed by atoms with E-state index in [0.29, 0.717) is 6.79 Å². The average Bonchev–Trinajstić information content (AvgIpc) is 3.28. The second kappa shape index (κ2) is 7.11. The van der Waals surface area contributed by atoms with Crippen LogP contribution in [0.25, 0.3) is 0 Å². The molecule has 0 aliphatic carbocycles. The molecule has 2 aromatic carbocycles. The van der Waals surface area contributed by atoms with Crippen LogP contribution in [0.15, 0.2) is 52.9 Å². The number of rotatable bonds is 6. The summed E-state index contributed by atoms with van der Waals surface area (Å²) in [7, 11) is 0. The minimum atomic E-state index is 0.304. The van der Waals surface area contributed by atoms with E-state index in [0.717, 1.165) is 33.3 Å². The highest BCUT2D eigenvalue weighted by Crippen LogP contribution is 2.35. The molecule has 4 rings (SSSR count). The van der Waals surface area contributed by atoms with E-state index in [4.69, 9.17) is 9.47 Å². The van der Waals surface area contributed by atoms with Gasteiger partial charge in [-0.1, -0.05) is 59.5 Å². The Hall–Kier alpha value is -2.25. The number of nitrogens with one attached hydrogen (secondary N) is 1. The molecule has 1 N–H and O–H groups in total. The van der Waals surface area contributed by atoms with Crippen LogP contribution >= 0.6 is 23.1 Å². The van der Waals surface area contributed by atoms with Crippen molar-refractivity contribution >= 4 is 28.2 Å². The Kier molecular flexibility index (Phi) is 4.53. The molecule has 0 amide bonds. The van der Waals surface area contributed by atoms with Crippen molar-refractivity contribution in [2.24, 2.45) is 0 Å². The predicted molar refractivity (Wildman–Crippen MR) is 95.8 cm³/mol. The zero-order valence-corrected chi connectivity index (χ0v) is 14.4. The number of nitrogens with zero attached hydrogens (tertiary/aromatic N) is 2. The Balaban J connectivity index is 1.32. The van der Waals surface area contributed by atoms with Crippen molar-refractivity contribution in [1.29, 1.82) is 0 Å². The summed E-state index contributed by atoms with van der Waals surface area (Å²) in [5.74, 6) is 2.45. The highest BCUT2D eigenvalue weighted by molar-refractivity contribution is 8.00. The topological polar surface area (TPSA) is 56.3 Å². The summed E-state index contributed by atoms with van der Waals surface area (Å²) >= 11 is 3.24. The minimum Gasteiger partial charge on any atom is -0.454 e. The van der Waals surface area contributed by atoms with Gasteiger partial charge in [0.05, 0.1) is 0 Å². The molecule has 0 unspecified atom stereocenters. The molecule has 7 heteroatoms. The molecule has 24 heavy (non-hydrogen) atoms. The number of thioether (sulfide) groups is 1. The van der Waals surface area contributed by atoms with E-state index in [1.807, 2.05) is 30.3 Å². The maximum atomic E-state index is 5.40. The van der Waals surface area contributed by atoms with Gasteiger partial charge in [-0.25, -0.2) is 0 Å². The minimum absolute atomic E-state index is 0.304. The van der Waals surface area contributed by atoms with Crippen LogP contribution in [0.1, 0.15) is 11.1 Å². The van der Waals surface area contributed by atoms with Crippen LogP contribution in [0.4, 0.5) is 5.13 Å². The predicted octanol–water partition coefficient (Wildman–Crippen LogP) is 4.17. The molecule has 1 aromatic heterocycles. The molecule has 3 aromatic rings. The Bertz CT molecular complexity index is 824. The zero-order chi connectivity index (χ0) is 16.2. The smallest absolute Gasteiger partial charge is 0.231 e.